The summed E-state index contributed by atoms with van der Waals surface area (Å²) < 4.78 is 2.40. The molecule has 0 aliphatic heterocycles. The van der Waals surface area contributed by atoms with Gasteiger partial charge >= 0.3 is 0 Å². The Balaban J connectivity index is 1.08. The molecule has 66 heavy (non-hydrogen) atoms. The minimum atomic E-state index is 1.07. The minimum absolute atomic E-state index is 1.07. The van der Waals surface area contributed by atoms with Gasteiger partial charge in [0.15, 0.2) is 0 Å². The van der Waals surface area contributed by atoms with Crippen LogP contribution < -0.4 is 4.90 Å². The van der Waals surface area contributed by atoms with Crippen LogP contribution in [0.25, 0.3) is 93.9 Å². The number of hydrogen-bond acceptors (Lipinski definition) is 1. The molecule has 2 nitrogen and oxygen atoms in total. The lowest BCUT2D eigenvalue weighted by atomic mass is 9.90. The van der Waals surface area contributed by atoms with Crippen LogP contribution in [-0.2, 0) is 0 Å². The Kier molecular flexibility index (Phi) is 9.89. The van der Waals surface area contributed by atoms with Crippen molar-refractivity contribution in [1.29, 1.82) is 0 Å². The molecule has 0 atom stereocenters. The zero-order valence-electron chi connectivity index (χ0n) is 36.3. The van der Waals surface area contributed by atoms with E-state index >= 15 is 0 Å². The van der Waals surface area contributed by atoms with E-state index in [-0.39, 0.29) is 0 Å². The fraction of sp³-hybridized carbons (Fsp3) is 0. The molecule has 0 radical (unpaired) electrons. The van der Waals surface area contributed by atoms with Crippen LogP contribution >= 0.6 is 0 Å². The highest BCUT2D eigenvalue weighted by molar-refractivity contribution is 6.17. The molecule has 0 amide bonds. The van der Waals surface area contributed by atoms with Crippen LogP contribution in [0, 0.1) is 0 Å². The van der Waals surface area contributed by atoms with E-state index in [1.165, 1.54) is 77.1 Å². The monoisotopic (exact) mass is 840 g/mol. The van der Waals surface area contributed by atoms with Gasteiger partial charge in [0.2, 0.25) is 0 Å². The van der Waals surface area contributed by atoms with Gasteiger partial charge in [-0.2, -0.15) is 0 Å². The molecule has 0 saturated heterocycles. The molecule has 310 valence electrons. The van der Waals surface area contributed by atoms with E-state index in [0.29, 0.717) is 0 Å². The van der Waals surface area contributed by atoms with Crippen LogP contribution in [0.2, 0.25) is 0 Å². The zero-order valence-corrected chi connectivity index (χ0v) is 36.3. The van der Waals surface area contributed by atoms with E-state index in [9.17, 15) is 0 Å². The Morgan fingerprint density at radius 3 is 1.30 bits per heavy atom. The number of rotatable bonds is 9. The Morgan fingerprint density at radius 1 is 0.258 bits per heavy atom. The van der Waals surface area contributed by atoms with E-state index in [2.05, 4.69) is 276 Å². The van der Waals surface area contributed by atoms with Crippen molar-refractivity contribution in [1.82, 2.24) is 4.57 Å². The fourth-order valence-corrected chi connectivity index (χ4v) is 10.0. The first-order valence-corrected chi connectivity index (χ1v) is 22.7. The highest BCUT2D eigenvalue weighted by Gasteiger charge is 2.24. The highest BCUT2D eigenvalue weighted by Crippen LogP contribution is 2.49. The molecule has 11 aromatic carbocycles. The van der Waals surface area contributed by atoms with Crippen LogP contribution in [0.4, 0.5) is 17.1 Å². The van der Waals surface area contributed by atoms with Gasteiger partial charge in [0, 0.05) is 33.3 Å². The predicted octanol–water partition coefficient (Wildman–Crippen LogP) is 17.7. The van der Waals surface area contributed by atoms with Gasteiger partial charge in [-0.3, -0.25) is 0 Å². The summed E-state index contributed by atoms with van der Waals surface area (Å²) in [4.78, 5) is 2.48. The second kappa shape index (κ2) is 16.8. The average Bonchev–Trinajstić information content (AvgIpc) is 3.74. The first kappa shape index (κ1) is 38.9. The maximum Gasteiger partial charge on any atom is 0.0547 e. The highest BCUT2D eigenvalue weighted by atomic mass is 15.1. The van der Waals surface area contributed by atoms with Crippen LogP contribution in [0.5, 0.6) is 0 Å². The molecule has 12 rings (SSSR count). The van der Waals surface area contributed by atoms with Crippen LogP contribution in [-0.4, -0.2) is 4.57 Å². The summed E-state index contributed by atoms with van der Waals surface area (Å²) in [6.07, 6.45) is 0. The first-order valence-electron chi connectivity index (χ1n) is 22.7. The number of benzene rings is 11. The van der Waals surface area contributed by atoms with Crippen molar-refractivity contribution >= 4 is 49.6 Å². The Bertz CT molecular complexity index is 3660. The van der Waals surface area contributed by atoms with Crippen LogP contribution in [0.15, 0.2) is 267 Å². The lowest BCUT2D eigenvalue weighted by molar-refractivity contribution is 1.18. The van der Waals surface area contributed by atoms with Crippen molar-refractivity contribution in [2.45, 2.75) is 0 Å². The van der Waals surface area contributed by atoms with Crippen molar-refractivity contribution in [3.05, 3.63) is 267 Å². The standard InChI is InChI=1S/C64H44N2/c1-4-19-45(20-5-1)46-37-39-47(40-38-46)48-41-43-52(44-42-48)65(59-33-13-10-27-54(59)56-31-17-24-50-23-16-30-53(63(50)56)49-21-6-2-7-22-49)60-34-14-11-28-55(60)57-32-18-36-62-64(57)58-29-12-15-35-61(58)66(62)51-25-8-3-9-26-51/h1-44H. The lowest BCUT2D eigenvalue weighted by Gasteiger charge is -2.30. The summed E-state index contributed by atoms with van der Waals surface area (Å²) in [7, 11) is 0. The van der Waals surface area contributed by atoms with Gasteiger partial charge in [0.05, 0.1) is 22.4 Å². The maximum absolute atomic E-state index is 2.48. The molecule has 0 spiro atoms. The molecule has 0 N–H and O–H groups in total. The second-order valence-corrected chi connectivity index (χ2v) is 16.8. The smallest absolute Gasteiger partial charge is 0.0547 e. The van der Waals surface area contributed by atoms with Crippen molar-refractivity contribution < 1.29 is 0 Å². The van der Waals surface area contributed by atoms with Gasteiger partial charge in [-0.15, -0.1) is 0 Å². The number of anilines is 3. The molecule has 1 heterocycles. The molecule has 0 fully saturated rings. The Hall–Kier alpha value is -8.72. The summed E-state index contributed by atoms with van der Waals surface area (Å²) in [6.45, 7) is 0. The molecule has 0 aliphatic rings. The minimum Gasteiger partial charge on any atom is -0.309 e. The van der Waals surface area contributed by atoms with Crippen molar-refractivity contribution in [3.63, 3.8) is 0 Å². The van der Waals surface area contributed by atoms with Crippen LogP contribution in [0.1, 0.15) is 0 Å². The van der Waals surface area contributed by atoms with Crippen molar-refractivity contribution in [3.8, 4) is 61.3 Å². The maximum atomic E-state index is 2.48. The van der Waals surface area contributed by atoms with Gasteiger partial charge in [0.1, 0.15) is 0 Å². The molecule has 2 heteroatoms. The topological polar surface area (TPSA) is 8.17 Å². The predicted molar refractivity (Wildman–Crippen MR) is 280 cm³/mol. The van der Waals surface area contributed by atoms with Crippen molar-refractivity contribution in [2.24, 2.45) is 0 Å². The quantitative estimate of drug-likeness (QED) is 0.141. The number of para-hydroxylation sites is 4. The third-order valence-electron chi connectivity index (χ3n) is 13.0. The number of hydrogen-bond donors (Lipinski definition) is 0. The average molecular weight is 841 g/mol. The van der Waals surface area contributed by atoms with Gasteiger partial charge in [0.25, 0.3) is 0 Å². The van der Waals surface area contributed by atoms with Gasteiger partial charge in [-0.1, -0.05) is 218 Å². The summed E-state index contributed by atoms with van der Waals surface area (Å²) in [5.74, 6) is 0. The lowest BCUT2D eigenvalue weighted by Crippen LogP contribution is -2.12. The Labute approximate surface area is 385 Å². The van der Waals surface area contributed by atoms with E-state index in [0.717, 1.165) is 33.9 Å². The van der Waals surface area contributed by atoms with E-state index in [1.807, 2.05) is 0 Å². The summed E-state index contributed by atoms with van der Waals surface area (Å²) in [6, 6.07) is 96.9. The van der Waals surface area contributed by atoms with Gasteiger partial charge < -0.3 is 9.47 Å². The Morgan fingerprint density at radius 2 is 0.682 bits per heavy atom. The number of nitrogens with zero attached hydrogens (tertiary/aromatic N) is 2. The molecule has 0 bridgehead atoms. The first-order chi connectivity index (χ1) is 32.8. The zero-order chi connectivity index (χ0) is 43.8. The molecular formula is C64H44N2. The number of aromatic nitrogens is 1. The fourth-order valence-electron chi connectivity index (χ4n) is 10.0. The molecule has 0 unspecified atom stereocenters. The van der Waals surface area contributed by atoms with Gasteiger partial charge in [-0.25, -0.2) is 0 Å². The second-order valence-electron chi connectivity index (χ2n) is 16.8. The van der Waals surface area contributed by atoms with Crippen molar-refractivity contribution in [2.75, 3.05) is 4.90 Å². The van der Waals surface area contributed by atoms with E-state index in [4.69, 9.17) is 0 Å². The van der Waals surface area contributed by atoms with E-state index < -0.39 is 0 Å². The third kappa shape index (κ3) is 6.84. The van der Waals surface area contributed by atoms with E-state index in [1.54, 1.807) is 0 Å². The summed E-state index contributed by atoms with van der Waals surface area (Å²) >= 11 is 0. The molecule has 12 aromatic rings. The molecule has 0 aliphatic carbocycles. The number of fused-ring (bicyclic) bond motifs is 4. The SMILES string of the molecule is c1ccc(-c2ccc(-c3ccc(N(c4ccccc4-c4cccc5cccc(-c6ccccc6)c45)c4ccccc4-c4cccc5c4c4ccccc4n5-c4ccccc4)cc3)cc2)cc1. The summed E-state index contributed by atoms with van der Waals surface area (Å²) in [5.41, 5.74) is 18.6. The third-order valence-corrected chi connectivity index (χ3v) is 13.0. The normalized spacial score (nSPS) is 11.3. The summed E-state index contributed by atoms with van der Waals surface area (Å²) in [5, 5.41) is 4.90. The molecule has 0 saturated carbocycles. The molecular weight excluding hydrogens is 797 g/mol. The largest absolute Gasteiger partial charge is 0.309 e. The van der Waals surface area contributed by atoms with Crippen LogP contribution in [0.3, 0.4) is 0 Å². The molecule has 1 aromatic heterocycles. The van der Waals surface area contributed by atoms with Gasteiger partial charge in [-0.05, 0) is 104 Å².